The van der Waals surface area contributed by atoms with Gasteiger partial charge in [0.2, 0.25) is 0 Å². The second-order valence-electron chi connectivity index (χ2n) is 6.26. The number of rotatable bonds is 5. The van der Waals surface area contributed by atoms with Crippen LogP contribution in [0.2, 0.25) is 5.02 Å². The van der Waals surface area contributed by atoms with Crippen LogP contribution in [0, 0.1) is 10.1 Å². The van der Waals surface area contributed by atoms with Crippen LogP contribution in [-0.2, 0) is 9.53 Å². The minimum atomic E-state index is -0.886. The number of nitrogens with zero attached hydrogens (tertiary/aromatic N) is 2. The average molecular weight is 475 g/mol. The van der Waals surface area contributed by atoms with Crippen LogP contribution in [0.25, 0.3) is 6.08 Å². The molecule has 0 bridgehead atoms. The van der Waals surface area contributed by atoms with Crippen molar-refractivity contribution in [2.75, 3.05) is 6.61 Å². The third-order valence-electron chi connectivity index (χ3n) is 4.17. The van der Waals surface area contributed by atoms with Crippen LogP contribution in [0.1, 0.15) is 22.8 Å². The van der Waals surface area contributed by atoms with Crippen LogP contribution in [-0.4, -0.2) is 38.7 Å². The first kappa shape index (κ1) is 23.0. The van der Waals surface area contributed by atoms with Crippen molar-refractivity contribution in [1.82, 2.24) is 0 Å². The van der Waals surface area contributed by atoms with Gasteiger partial charge in [0.25, 0.3) is 5.91 Å². The molecule has 0 saturated heterocycles. The smallest absolute Gasteiger partial charge is 0.344 e. The number of aliphatic hydroxyl groups is 1. The Morgan fingerprint density at radius 1 is 1.25 bits per heavy atom. The number of nitro benzene ring substituents is 1. The molecule has 9 nitrogen and oxygen atoms in total. The van der Waals surface area contributed by atoms with Crippen LogP contribution in [0.4, 0.5) is 5.69 Å². The Morgan fingerprint density at radius 2 is 1.97 bits per heavy atom. The van der Waals surface area contributed by atoms with Gasteiger partial charge in [-0.2, -0.15) is 0 Å². The number of thioether (sulfide) groups is 1. The summed E-state index contributed by atoms with van der Waals surface area (Å²) < 4.78 is 4.96. The fourth-order valence-corrected chi connectivity index (χ4v) is 3.94. The monoisotopic (exact) mass is 474 g/mol. The number of carbonyl (C=O) groups is 2. The van der Waals surface area contributed by atoms with Crippen molar-refractivity contribution in [3.8, 4) is 5.75 Å². The molecule has 2 aromatic carbocycles. The normalized spacial score (nSPS) is 15.9. The molecule has 1 heterocycles. The lowest BCUT2D eigenvalue weighted by molar-refractivity contribution is -0.385. The van der Waals surface area contributed by atoms with Crippen LogP contribution < -0.4 is 0 Å². The van der Waals surface area contributed by atoms with Crippen molar-refractivity contribution in [1.29, 1.82) is 0 Å². The molecule has 0 radical (unpaired) electrons. The van der Waals surface area contributed by atoms with Gasteiger partial charge in [-0.1, -0.05) is 41.6 Å². The Hall–Kier alpha value is -3.63. The minimum absolute atomic E-state index is 0.0230. The second-order valence-corrected chi connectivity index (χ2v) is 7.70. The van der Waals surface area contributed by atoms with E-state index in [-0.39, 0.29) is 38.3 Å². The number of phenolic OH excluding ortho intramolecular Hbond substituents is 1. The number of aliphatic imine (C=N–C) groups is 1. The van der Waals surface area contributed by atoms with E-state index in [2.05, 4.69) is 4.99 Å². The Kier molecular flexibility index (Phi) is 6.96. The largest absolute Gasteiger partial charge is 0.506 e. The molecule has 0 fully saturated rings. The molecule has 164 valence electrons. The van der Waals surface area contributed by atoms with E-state index in [1.165, 1.54) is 24.3 Å². The zero-order valence-corrected chi connectivity index (χ0v) is 18.0. The standard InChI is InChI=1S/C21H15ClN2O7S/c1-2-31-21(28)17-18(26)16(10-11-7-8-15(25)14(9-11)24(29)30)32-20(17)23-19(27)12-5-3-4-6-13(12)22/h3-10,25-26H,2H2,1H3/b16-10-,23-20?. The lowest BCUT2D eigenvalue weighted by atomic mass is 10.1. The first-order valence-electron chi connectivity index (χ1n) is 9.08. The number of hydrogen-bond donors (Lipinski definition) is 2. The number of esters is 1. The van der Waals surface area contributed by atoms with Gasteiger partial charge in [-0.3, -0.25) is 14.9 Å². The molecule has 0 spiro atoms. The number of aliphatic hydroxyl groups excluding tert-OH is 1. The van der Waals surface area contributed by atoms with Crippen molar-refractivity contribution in [3.05, 3.63) is 85.0 Å². The summed E-state index contributed by atoms with van der Waals surface area (Å²) in [5.74, 6) is -2.62. The van der Waals surface area contributed by atoms with Crippen LogP contribution >= 0.6 is 23.4 Å². The quantitative estimate of drug-likeness (QED) is 0.362. The van der Waals surface area contributed by atoms with Gasteiger partial charge in [-0.05, 0) is 36.8 Å². The minimum Gasteiger partial charge on any atom is -0.506 e. The van der Waals surface area contributed by atoms with E-state index in [1.54, 1.807) is 19.1 Å². The Balaban J connectivity index is 2.06. The molecule has 2 N–H and O–H groups in total. The molecular weight excluding hydrogens is 460 g/mol. The van der Waals surface area contributed by atoms with Gasteiger partial charge in [0.15, 0.2) is 5.75 Å². The van der Waals surface area contributed by atoms with Gasteiger partial charge < -0.3 is 14.9 Å². The summed E-state index contributed by atoms with van der Waals surface area (Å²) >= 11 is 6.85. The van der Waals surface area contributed by atoms with Gasteiger partial charge in [0.1, 0.15) is 16.4 Å². The fourth-order valence-electron chi connectivity index (χ4n) is 2.71. The van der Waals surface area contributed by atoms with E-state index < -0.39 is 34.0 Å². The van der Waals surface area contributed by atoms with E-state index in [4.69, 9.17) is 16.3 Å². The number of hydrogen-bond acceptors (Lipinski definition) is 8. The molecule has 11 heteroatoms. The maximum atomic E-state index is 12.6. The topological polar surface area (TPSA) is 139 Å². The maximum absolute atomic E-state index is 12.6. The van der Waals surface area contributed by atoms with Crippen molar-refractivity contribution in [2.45, 2.75) is 6.92 Å². The number of carbonyl (C=O) groups excluding carboxylic acids is 2. The maximum Gasteiger partial charge on any atom is 0.344 e. The van der Waals surface area contributed by atoms with Crippen LogP contribution in [0.15, 0.2) is 63.7 Å². The Labute approximate surface area is 190 Å². The number of aromatic hydroxyl groups is 1. The average Bonchev–Trinajstić information content (AvgIpc) is 3.04. The van der Waals surface area contributed by atoms with Crippen molar-refractivity contribution >= 4 is 52.0 Å². The van der Waals surface area contributed by atoms with Gasteiger partial charge in [0, 0.05) is 6.07 Å². The van der Waals surface area contributed by atoms with E-state index in [0.29, 0.717) is 0 Å². The lowest BCUT2D eigenvalue weighted by Crippen LogP contribution is -2.14. The van der Waals surface area contributed by atoms with Crippen molar-refractivity contribution in [2.24, 2.45) is 4.99 Å². The molecule has 3 rings (SSSR count). The lowest BCUT2D eigenvalue weighted by Gasteiger charge is -2.04. The molecule has 0 unspecified atom stereocenters. The fraction of sp³-hybridized carbons (Fsp3) is 0.0952. The van der Waals surface area contributed by atoms with Gasteiger partial charge in [-0.15, -0.1) is 0 Å². The summed E-state index contributed by atoms with van der Waals surface area (Å²) in [7, 11) is 0. The predicted octanol–water partition coefficient (Wildman–Crippen LogP) is 4.66. The molecule has 1 amide bonds. The number of halogens is 1. The molecule has 0 aromatic heterocycles. The van der Waals surface area contributed by atoms with Crippen molar-refractivity contribution < 1.29 is 29.5 Å². The zero-order chi connectivity index (χ0) is 23.4. The number of amides is 1. The van der Waals surface area contributed by atoms with E-state index >= 15 is 0 Å². The second kappa shape index (κ2) is 9.67. The predicted molar refractivity (Wildman–Crippen MR) is 120 cm³/mol. The number of phenols is 1. The number of benzene rings is 2. The first-order chi connectivity index (χ1) is 15.2. The van der Waals surface area contributed by atoms with Crippen molar-refractivity contribution in [3.63, 3.8) is 0 Å². The molecule has 0 aliphatic carbocycles. The highest BCUT2D eigenvalue weighted by Crippen LogP contribution is 2.40. The third kappa shape index (κ3) is 4.82. The van der Waals surface area contributed by atoms with Gasteiger partial charge in [0.05, 0.1) is 27.0 Å². The summed E-state index contributed by atoms with van der Waals surface area (Å²) in [4.78, 5) is 39.4. The van der Waals surface area contributed by atoms with Crippen LogP contribution in [0.3, 0.4) is 0 Å². The highest BCUT2D eigenvalue weighted by atomic mass is 35.5. The molecule has 1 aliphatic heterocycles. The SMILES string of the molecule is CCOC(=O)C1=C(O)/C(=C/c2ccc(O)c([N+](=O)[O-])c2)SC1=NC(=O)c1ccccc1Cl. The summed E-state index contributed by atoms with van der Waals surface area (Å²) in [6.07, 6.45) is 1.36. The number of ether oxygens (including phenoxy) is 1. The number of nitro groups is 1. The molecule has 0 saturated carbocycles. The Morgan fingerprint density at radius 3 is 2.62 bits per heavy atom. The first-order valence-corrected chi connectivity index (χ1v) is 10.3. The molecule has 32 heavy (non-hydrogen) atoms. The van der Waals surface area contributed by atoms with E-state index in [1.807, 2.05) is 0 Å². The summed E-state index contributed by atoms with van der Waals surface area (Å²) in [5.41, 5.74) is -0.460. The summed E-state index contributed by atoms with van der Waals surface area (Å²) in [6, 6.07) is 9.84. The van der Waals surface area contributed by atoms with Gasteiger partial charge >= 0.3 is 11.7 Å². The summed E-state index contributed by atoms with van der Waals surface area (Å²) in [5, 5.41) is 31.4. The highest BCUT2D eigenvalue weighted by molar-refractivity contribution is 8.18. The van der Waals surface area contributed by atoms with Crippen LogP contribution in [0.5, 0.6) is 5.75 Å². The zero-order valence-electron chi connectivity index (χ0n) is 16.4. The Bertz CT molecular complexity index is 1220. The van der Waals surface area contributed by atoms with Gasteiger partial charge in [-0.25, -0.2) is 9.79 Å². The summed E-state index contributed by atoms with van der Waals surface area (Å²) in [6.45, 7) is 1.60. The molecule has 0 atom stereocenters. The molecular formula is C21H15ClN2O7S. The highest BCUT2D eigenvalue weighted by Gasteiger charge is 2.34. The third-order valence-corrected chi connectivity index (χ3v) is 5.52. The molecule has 1 aliphatic rings. The van der Waals surface area contributed by atoms with E-state index in [9.17, 15) is 29.9 Å². The molecule has 2 aromatic rings. The van der Waals surface area contributed by atoms with E-state index in [0.717, 1.165) is 23.9 Å².